The maximum absolute atomic E-state index is 12.3. The van der Waals surface area contributed by atoms with Crippen LogP contribution < -0.4 is 0 Å². The minimum atomic E-state index is -0.759. The first-order chi connectivity index (χ1) is 9.22. The number of nitriles is 1. The zero-order valence-corrected chi connectivity index (χ0v) is 11.3. The third kappa shape index (κ3) is 3.18. The molecule has 96 valence electrons. The molecular weight excluding hydrogens is 258 g/mol. The predicted octanol–water partition coefficient (Wildman–Crippen LogP) is 2.41. The Labute approximate surface area is 115 Å². The number of amides is 1. The molecule has 1 aromatic carbocycles. The molecule has 2 rings (SSSR count). The molecule has 0 aliphatic heterocycles. The maximum atomic E-state index is 12.3. The largest absolute Gasteiger partial charge is 0.338 e. The molecule has 1 unspecified atom stereocenters. The average molecular weight is 271 g/mol. The monoisotopic (exact) mass is 271 g/mol. The van der Waals surface area contributed by atoms with E-state index >= 15 is 0 Å². The van der Waals surface area contributed by atoms with Gasteiger partial charge in [0.25, 0.3) is 0 Å². The zero-order valence-electron chi connectivity index (χ0n) is 10.5. The fourth-order valence-corrected chi connectivity index (χ4v) is 2.32. The molecule has 0 aliphatic carbocycles. The van der Waals surface area contributed by atoms with E-state index in [4.69, 9.17) is 0 Å². The van der Waals surface area contributed by atoms with Crippen LogP contribution in [-0.2, 0) is 11.3 Å². The molecule has 2 aromatic rings. The standard InChI is InChI=1S/C14H13N3OS/c1-17(8-12-9-19-10-16-12)14(18)13(7-15)11-5-3-2-4-6-11/h2-6,9-10,13H,8H2,1H3. The van der Waals surface area contributed by atoms with E-state index in [1.807, 2.05) is 23.6 Å². The normalized spacial score (nSPS) is 11.6. The van der Waals surface area contributed by atoms with Gasteiger partial charge in [-0.2, -0.15) is 5.26 Å². The van der Waals surface area contributed by atoms with Gasteiger partial charge in [0.1, 0.15) is 5.92 Å². The first kappa shape index (κ1) is 13.2. The van der Waals surface area contributed by atoms with Crippen LogP contribution in [0.15, 0.2) is 41.2 Å². The van der Waals surface area contributed by atoms with Crippen molar-refractivity contribution in [3.05, 3.63) is 52.5 Å². The first-order valence-corrected chi connectivity index (χ1v) is 6.73. The molecule has 0 aliphatic rings. The molecule has 0 N–H and O–H groups in total. The van der Waals surface area contributed by atoms with Crippen LogP contribution in [0.3, 0.4) is 0 Å². The predicted molar refractivity (Wildman–Crippen MR) is 73.4 cm³/mol. The van der Waals surface area contributed by atoms with E-state index in [0.717, 1.165) is 11.3 Å². The average Bonchev–Trinajstić information content (AvgIpc) is 2.93. The summed E-state index contributed by atoms with van der Waals surface area (Å²) >= 11 is 1.49. The number of thiazole rings is 1. The third-order valence-corrected chi connectivity index (χ3v) is 3.40. The lowest BCUT2D eigenvalue weighted by Gasteiger charge is -2.19. The van der Waals surface area contributed by atoms with Gasteiger partial charge >= 0.3 is 0 Å². The number of carbonyl (C=O) groups is 1. The van der Waals surface area contributed by atoms with Crippen molar-refractivity contribution in [3.8, 4) is 6.07 Å². The summed E-state index contributed by atoms with van der Waals surface area (Å²) < 4.78 is 0. The van der Waals surface area contributed by atoms with E-state index in [1.165, 1.54) is 16.2 Å². The Morgan fingerprint density at radius 2 is 2.21 bits per heavy atom. The summed E-state index contributed by atoms with van der Waals surface area (Å²) in [6, 6.07) is 11.2. The number of nitrogens with zero attached hydrogens (tertiary/aromatic N) is 3. The maximum Gasteiger partial charge on any atom is 0.244 e. The van der Waals surface area contributed by atoms with Crippen LogP contribution in [0.1, 0.15) is 17.2 Å². The Kier molecular flexibility index (Phi) is 4.26. The summed E-state index contributed by atoms with van der Waals surface area (Å²) in [5.74, 6) is -0.966. The van der Waals surface area contributed by atoms with E-state index in [9.17, 15) is 10.1 Å². The summed E-state index contributed by atoms with van der Waals surface area (Å²) in [5.41, 5.74) is 3.29. The number of likely N-dealkylation sites (N-methyl/N-ethyl adjacent to an activating group) is 1. The quantitative estimate of drug-likeness (QED) is 0.858. The summed E-state index contributed by atoms with van der Waals surface area (Å²) in [6.07, 6.45) is 0. The second-order valence-corrected chi connectivity index (χ2v) is 4.87. The Bertz CT molecular complexity index is 574. The highest BCUT2D eigenvalue weighted by Crippen LogP contribution is 2.18. The summed E-state index contributed by atoms with van der Waals surface area (Å²) in [5, 5.41) is 11.1. The molecule has 0 spiro atoms. The van der Waals surface area contributed by atoms with Gasteiger partial charge in [0, 0.05) is 12.4 Å². The van der Waals surface area contributed by atoms with Crippen LogP contribution in [-0.4, -0.2) is 22.8 Å². The molecule has 0 bridgehead atoms. The molecule has 5 heteroatoms. The van der Waals surface area contributed by atoms with Gasteiger partial charge in [-0.3, -0.25) is 4.79 Å². The molecule has 0 fully saturated rings. The van der Waals surface area contributed by atoms with Crippen molar-refractivity contribution in [1.29, 1.82) is 5.26 Å². The van der Waals surface area contributed by atoms with Crippen LogP contribution in [0.4, 0.5) is 0 Å². The van der Waals surface area contributed by atoms with Crippen molar-refractivity contribution in [2.75, 3.05) is 7.05 Å². The van der Waals surface area contributed by atoms with Gasteiger partial charge in [-0.05, 0) is 5.56 Å². The number of benzene rings is 1. The second kappa shape index (κ2) is 6.12. The smallest absolute Gasteiger partial charge is 0.244 e. The van der Waals surface area contributed by atoms with Gasteiger partial charge in [-0.15, -0.1) is 11.3 Å². The lowest BCUT2D eigenvalue weighted by Crippen LogP contribution is -2.30. The SMILES string of the molecule is CN(Cc1cscn1)C(=O)C(C#N)c1ccccc1. The van der Waals surface area contributed by atoms with Crippen LogP contribution in [0.2, 0.25) is 0 Å². The van der Waals surface area contributed by atoms with Gasteiger partial charge in [-0.1, -0.05) is 30.3 Å². The van der Waals surface area contributed by atoms with Crippen molar-refractivity contribution >= 4 is 17.2 Å². The minimum absolute atomic E-state index is 0.207. The zero-order chi connectivity index (χ0) is 13.7. The molecule has 1 aromatic heterocycles. The van der Waals surface area contributed by atoms with E-state index in [0.29, 0.717) is 6.54 Å². The van der Waals surface area contributed by atoms with Gasteiger partial charge in [-0.25, -0.2) is 4.98 Å². The third-order valence-electron chi connectivity index (χ3n) is 2.77. The number of carbonyl (C=O) groups excluding carboxylic acids is 1. The summed E-state index contributed by atoms with van der Waals surface area (Å²) in [7, 11) is 1.69. The van der Waals surface area contributed by atoms with Crippen LogP contribution in [0.25, 0.3) is 0 Å². The Morgan fingerprint density at radius 1 is 1.47 bits per heavy atom. The van der Waals surface area contributed by atoms with E-state index in [-0.39, 0.29) is 5.91 Å². The van der Waals surface area contributed by atoms with Gasteiger partial charge < -0.3 is 4.90 Å². The summed E-state index contributed by atoms with van der Waals surface area (Å²) in [6.45, 7) is 0.424. The minimum Gasteiger partial charge on any atom is -0.338 e. The Balaban J connectivity index is 2.11. The molecule has 1 heterocycles. The van der Waals surface area contributed by atoms with Gasteiger partial charge in [0.05, 0.1) is 23.8 Å². The van der Waals surface area contributed by atoms with Crippen molar-refractivity contribution in [2.24, 2.45) is 0 Å². The number of rotatable bonds is 4. The molecule has 19 heavy (non-hydrogen) atoms. The van der Waals surface area contributed by atoms with Crippen LogP contribution in [0.5, 0.6) is 0 Å². The van der Waals surface area contributed by atoms with E-state index in [2.05, 4.69) is 11.1 Å². The van der Waals surface area contributed by atoms with E-state index in [1.54, 1.807) is 24.7 Å². The highest BCUT2D eigenvalue weighted by atomic mass is 32.1. The van der Waals surface area contributed by atoms with Crippen molar-refractivity contribution < 1.29 is 4.79 Å². The lowest BCUT2D eigenvalue weighted by molar-refractivity contribution is -0.130. The Hall–Kier alpha value is -2.19. The highest BCUT2D eigenvalue weighted by Gasteiger charge is 2.23. The van der Waals surface area contributed by atoms with Crippen molar-refractivity contribution in [3.63, 3.8) is 0 Å². The van der Waals surface area contributed by atoms with Crippen LogP contribution in [0, 0.1) is 11.3 Å². The molecule has 0 saturated carbocycles. The first-order valence-electron chi connectivity index (χ1n) is 5.79. The fraction of sp³-hybridized carbons (Fsp3) is 0.214. The number of hydrogen-bond acceptors (Lipinski definition) is 4. The fourth-order valence-electron chi connectivity index (χ4n) is 1.77. The Morgan fingerprint density at radius 3 is 2.79 bits per heavy atom. The lowest BCUT2D eigenvalue weighted by atomic mass is 9.99. The van der Waals surface area contributed by atoms with Crippen molar-refractivity contribution in [2.45, 2.75) is 12.5 Å². The van der Waals surface area contributed by atoms with Crippen molar-refractivity contribution in [1.82, 2.24) is 9.88 Å². The molecule has 1 atom stereocenters. The summed E-state index contributed by atoms with van der Waals surface area (Å²) in [4.78, 5) is 18.0. The van der Waals surface area contributed by atoms with E-state index < -0.39 is 5.92 Å². The molecule has 0 radical (unpaired) electrons. The number of aromatic nitrogens is 1. The highest BCUT2D eigenvalue weighted by molar-refractivity contribution is 7.07. The molecular formula is C14H13N3OS. The van der Waals surface area contributed by atoms with Gasteiger partial charge in [0.15, 0.2) is 0 Å². The molecule has 0 saturated heterocycles. The van der Waals surface area contributed by atoms with Gasteiger partial charge in [0.2, 0.25) is 5.91 Å². The molecule has 1 amide bonds. The number of hydrogen-bond donors (Lipinski definition) is 0. The second-order valence-electron chi connectivity index (χ2n) is 4.15. The van der Waals surface area contributed by atoms with Crippen LogP contribution >= 0.6 is 11.3 Å². The topological polar surface area (TPSA) is 57.0 Å². The molecule has 4 nitrogen and oxygen atoms in total.